The summed E-state index contributed by atoms with van der Waals surface area (Å²) in [6, 6.07) is 7.72. The van der Waals surface area contributed by atoms with Crippen molar-refractivity contribution in [2.24, 2.45) is 0 Å². The standard InChI is InChI=1S/C11H13N3O/c1-2-9-10(14-11(13)15-9)7-5-3-4-6-8(7)12/h3-6H,2,12H2,1H3,(H2,13,14). The Balaban J connectivity index is 2.58. The zero-order valence-corrected chi connectivity index (χ0v) is 8.53. The maximum Gasteiger partial charge on any atom is 0.292 e. The molecule has 0 radical (unpaired) electrons. The smallest absolute Gasteiger partial charge is 0.292 e. The fraction of sp³-hybridized carbons (Fsp3) is 0.182. The largest absolute Gasteiger partial charge is 0.428 e. The van der Waals surface area contributed by atoms with Gasteiger partial charge in [-0.3, -0.25) is 0 Å². The van der Waals surface area contributed by atoms with E-state index in [4.69, 9.17) is 15.9 Å². The number of rotatable bonds is 2. The Morgan fingerprint density at radius 2 is 2.00 bits per heavy atom. The van der Waals surface area contributed by atoms with Crippen molar-refractivity contribution in [3.63, 3.8) is 0 Å². The van der Waals surface area contributed by atoms with E-state index in [1.165, 1.54) is 0 Å². The third-order valence-corrected chi connectivity index (χ3v) is 2.25. The molecule has 0 aliphatic heterocycles. The summed E-state index contributed by atoms with van der Waals surface area (Å²) in [5.74, 6) is 0.769. The zero-order chi connectivity index (χ0) is 10.8. The number of nitrogens with two attached hydrogens (primary N) is 2. The van der Waals surface area contributed by atoms with Gasteiger partial charge in [-0.25, -0.2) is 0 Å². The lowest BCUT2D eigenvalue weighted by molar-refractivity contribution is 0.530. The van der Waals surface area contributed by atoms with Gasteiger partial charge in [-0.2, -0.15) is 4.98 Å². The molecule has 0 spiro atoms. The lowest BCUT2D eigenvalue weighted by Crippen LogP contribution is -1.92. The number of nitrogens with zero attached hydrogens (tertiary/aromatic N) is 1. The minimum Gasteiger partial charge on any atom is -0.428 e. The van der Waals surface area contributed by atoms with Crippen molar-refractivity contribution in [3.05, 3.63) is 30.0 Å². The first-order chi connectivity index (χ1) is 7.22. The van der Waals surface area contributed by atoms with Crippen molar-refractivity contribution < 1.29 is 4.42 Å². The average molecular weight is 203 g/mol. The van der Waals surface area contributed by atoms with Crippen molar-refractivity contribution in [3.8, 4) is 11.3 Å². The first kappa shape index (κ1) is 9.58. The molecule has 0 saturated carbocycles. The van der Waals surface area contributed by atoms with Crippen LogP contribution in [0.2, 0.25) is 0 Å². The van der Waals surface area contributed by atoms with Crippen LogP contribution < -0.4 is 11.5 Å². The number of benzene rings is 1. The molecule has 1 heterocycles. The zero-order valence-electron chi connectivity index (χ0n) is 8.53. The van der Waals surface area contributed by atoms with E-state index in [9.17, 15) is 0 Å². The SMILES string of the molecule is CCc1oc(N)nc1-c1ccccc1N. The molecule has 2 rings (SSSR count). The van der Waals surface area contributed by atoms with Gasteiger partial charge in [0.25, 0.3) is 6.01 Å². The Kier molecular flexibility index (Phi) is 2.33. The lowest BCUT2D eigenvalue weighted by Gasteiger charge is -2.02. The molecule has 0 aliphatic carbocycles. The molecule has 4 heteroatoms. The first-order valence-corrected chi connectivity index (χ1v) is 4.82. The molecule has 0 amide bonds. The van der Waals surface area contributed by atoms with Crippen LogP contribution in [0.25, 0.3) is 11.3 Å². The number of para-hydroxylation sites is 1. The average Bonchev–Trinajstić information content (AvgIpc) is 2.60. The van der Waals surface area contributed by atoms with Crippen LogP contribution in [0.4, 0.5) is 11.7 Å². The minimum atomic E-state index is 0.185. The van der Waals surface area contributed by atoms with Gasteiger partial charge in [0.05, 0.1) is 0 Å². The lowest BCUT2D eigenvalue weighted by atomic mass is 10.1. The summed E-state index contributed by atoms with van der Waals surface area (Å²) in [6.07, 6.45) is 0.744. The van der Waals surface area contributed by atoms with Crippen LogP contribution in [0.1, 0.15) is 12.7 Å². The fourth-order valence-corrected chi connectivity index (χ4v) is 1.53. The summed E-state index contributed by atoms with van der Waals surface area (Å²) < 4.78 is 5.28. The summed E-state index contributed by atoms with van der Waals surface area (Å²) >= 11 is 0. The predicted molar refractivity (Wildman–Crippen MR) is 60.1 cm³/mol. The van der Waals surface area contributed by atoms with E-state index in [0.29, 0.717) is 5.69 Å². The van der Waals surface area contributed by atoms with E-state index in [1.807, 2.05) is 31.2 Å². The minimum absolute atomic E-state index is 0.185. The van der Waals surface area contributed by atoms with Crippen LogP contribution in [0.5, 0.6) is 0 Å². The number of hydrogen-bond donors (Lipinski definition) is 2. The van der Waals surface area contributed by atoms with Gasteiger partial charge in [0, 0.05) is 17.7 Å². The van der Waals surface area contributed by atoms with E-state index in [0.717, 1.165) is 23.4 Å². The van der Waals surface area contributed by atoms with Crippen LogP contribution >= 0.6 is 0 Å². The van der Waals surface area contributed by atoms with Crippen LogP contribution in [-0.2, 0) is 6.42 Å². The van der Waals surface area contributed by atoms with Gasteiger partial charge in [-0.15, -0.1) is 0 Å². The van der Waals surface area contributed by atoms with Crippen molar-refractivity contribution in [2.45, 2.75) is 13.3 Å². The predicted octanol–water partition coefficient (Wildman–Crippen LogP) is 2.07. The molecule has 2 aromatic rings. The molecule has 0 bridgehead atoms. The summed E-state index contributed by atoms with van der Waals surface area (Å²) in [4.78, 5) is 4.14. The molecule has 1 aromatic carbocycles. The Morgan fingerprint density at radius 3 is 2.67 bits per heavy atom. The van der Waals surface area contributed by atoms with E-state index < -0.39 is 0 Å². The topological polar surface area (TPSA) is 78.1 Å². The van der Waals surface area contributed by atoms with Crippen molar-refractivity contribution >= 4 is 11.7 Å². The van der Waals surface area contributed by atoms with Gasteiger partial charge >= 0.3 is 0 Å². The van der Waals surface area contributed by atoms with E-state index >= 15 is 0 Å². The number of hydrogen-bond acceptors (Lipinski definition) is 4. The molecule has 0 aliphatic rings. The molecular weight excluding hydrogens is 190 g/mol. The Labute approximate surface area is 87.9 Å². The molecule has 0 unspecified atom stereocenters. The van der Waals surface area contributed by atoms with E-state index in [1.54, 1.807) is 0 Å². The molecule has 0 saturated heterocycles. The van der Waals surface area contributed by atoms with Crippen LogP contribution in [-0.4, -0.2) is 4.98 Å². The fourth-order valence-electron chi connectivity index (χ4n) is 1.53. The highest BCUT2D eigenvalue weighted by Crippen LogP contribution is 2.29. The molecule has 0 atom stereocenters. The second-order valence-corrected chi connectivity index (χ2v) is 3.26. The van der Waals surface area contributed by atoms with Gasteiger partial charge in [-0.05, 0) is 6.07 Å². The number of anilines is 2. The van der Waals surface area contributed by atoms with Gasteiger partial charge in [0.2, 0.25) is 0 Å². The van der Waals surface area contributed by atoms with Crippen LogP contribution in [0, 0.1) is 0 Å². The molecule has 4 nitrogen and oxygen atoms in total. The number of nitrogen functional groups attached to an aromatic ring is 2. The number of oxazole rings is 1. The molecule has 1 aromatic heterocycles. The van der Waals surface area contributed by atoms with Gasteiger partial charge in [0.1, 0.15) is 11.5 Å². The van der Waals surface area contributed by atoms with Crippen LogP contribution in [0.3, 0.4) is 0 Å². The van der Waals surface area contributed by atoms with Crippen LogP contribution in [0.15, 0.2) is 28.7 Å². The summed E-state index contributed by atoms with van der Waals surface area (Å²) in [6.45, 7) is 1.99. The Bertz CT molecular complexity index is 476. The quantitative estimate of drug-likeness (QED) is 0.732. The van der Waals surface area contributed by atoms with E-state index in [-0.39, 0.29) is 6.01 Å². The maximum absolute atomic E-state index is 5.86. The monoisotopic (exact) mass is 203 g/mol. The van der Waals surface area contributed by atoms with Gasteiger partial charge in [-0.1, -0.05) is 25.1 Å². The summed E-state index contributed by atoms with van der Waals surface area (Å²) in [5.41, 5.74) is 13.7. The molecule has 4 N–H and O–H groups in total. The molecule has 15 heavy (non-hydrogen) atoms. The van der Waals surface area contributed by atoms with Crippen molar-refractivity contribution in [1.29, 1.82) is 0 Å². The highest BCUT2D eigenvalue weighted by Gasteiger charge is 2.13. The molecular formula is C11H13N3O. The number of aromatic nitrogens is 1. The summed E-state index contributed by atoms with van der Waals surface area (Å²) in [5, 5.41) is 0. The maximum atomic E-state index is 5.86. The second kappa shape index (κ2) is 3.65. The number of aryl methyl sites for hydroxylation is 1. The van der Waals surface area contributed by atoms with Gasteiger partial charge in [0.15, 0.2) is 0 Å². The molecule has 0 fully saturated rings. The van der Waals surface area contributed by atoms with Crippen molar-refractivity contribution in [2.75, 3.05) is 11.5 Å². The Hall–Kier alpha value is -1.97. The third-order valence-electron chi connectivity index (χ3n) is 2.25. The van der Waals surface area contributed by atoms with Crippen molar-refractivity contribution in [1.82, 2.24) is 4.98 Å². The second-order valence-electron chi connectivity index (χ2n) is 3.26. The highest BCUT2D eigenvalue weighted by molar-refractivity contribution is 5.75. The first-order valence-electron chi connectivity index (χ1n) is 4.82. The normalized spacial score (nSPS) is 10.5. The van der Waals surface area contributed by atoms with Gasteiger partial charge < -0.3 is 15.9 Å². The van der Waals surface area contributed by atoms with E-state index in [2.05, 4.69) is 4.98 Å². The Morgan fingerprint density at radius 1 is 1.27 bits per heavy atom. The molecule has 78 valence electrons. The third kappa shape index (κ3) is 1.66. The summed E-state index contributed by atoms with van der Waals surface area (Å²) in [7, 11) is 0. The highest BCUT2D eigenvalue weighted by atomic mass is 16.4.